The molecule has 1 aromatic carbocycles. The Balaban J connectivity index is 3.12. The molecule has 0 saturated carbocycles. The first kappa shape index (κ1) is 7.55. The van der Waals surface area contributed by atoms with Crippen molar-refractivity contribution in [2.45, 2.75) is 0 Å². The Morgan fingerprint density at radius 1 is 1.73 bits per heavy atom. The molecule has 0 aliphatic heterocycles. The summed E-state index contributed by atoms with van der Waals surface area (Å²) in [7, 11) is 1.43. The molecule has 0 amide bonds. The lowest BCUT2D eigenvalue weighted by molar-refractivity contribution is 0.411. The smallest absolute Gasteiger partial charge is 0.145 e. The number of hydrogen-bond donors (Lipinski definition) is 0. The van der Waals surface area contributed by atoms with Crippen LogP contribution in [0.2, 0.25) is 0 Å². The largest absolute Gasteiger partial charge is 0.497 e. The van der Waals surface area contributed by atoms with Crippen LogP contribution in [0.5, 0.6) is 5.75 Å². The summed E-state index contributed by atoms with van der Waals surface area (Å²) in [5, 5.41) is 8.32. The van der Waals surface area contributed by atoms with Crippen molar-refractivity contribution in [1.82, 2.24) is 0 Å². The summed E-state index contributed by atoms with van der Waals surface area (Å²) in [5.41, 5.74) is -0.0919. The van der Waals surface area contributed by atoms with Gasteiger partial charge in [0.1, 0.15) is 17.6 Å². The first-order chi connectivity index (χ1) is 5.27. The van der Waals surface area contributed by atoms with Crippen molar-refractivity contribution in [1.29, 1.82) is 5.26 Å². The van der Waals surface area contributed by atoms with E-state index in [0.29, 0.717) is 5.75 Å². The Hall–Kier alpha value is -1.56. The van der Waals surface area contributed by atoms with Gasteiger partial charge in [-0.3, -0.25) is 0 Å². The zero-order valence-corrected chi connectivity index (χ0v) is 5.89. The van der Waals surface area contributed by atoms with Crippen LogP contribution in [0, 0.1) is 23.2 Å². The Labute approximate surface area is 63.8 Å². The van der Waals surface area contributed by atoms with Crippen LogP contribution in [-0.4, -0.2) is 7.11 Å². The van der Waals surface area contributed by atoms with Gasteiger partial charge in [0.2, 0.25) is 0 Å². The molecular weight excluding hydrogens is 145 g/mol. The maximum Gasteiger partial charge on any atom is 0.145 e. The zero-order chi connectivity index (χ0) is 8.27. The second-order valence-corrected chi connectivity index (χ2v) is 1.87. The number of halogens is 1. The van der Waals surface area contributed by atoms with Crippen LogP contribution in [0.4, 0.5) is 4.39 Å². The summed E-state index contributed by atoms with van der Waals surface area (Å²) < 4.78 is 17.4. The average molecular weight is 150 g/mol. The molecule has 0 saturated heterocycles. The lowest BCUT2D eigenvalue weighted by atomic mass is 10.2. The van der Waals surface area contributed by atoms with E-state index < -0.39 is 5.82 Å². The minimum Gasteiger partial charge on any atom is -0.497 e. The Kier molecular flexibility index (Phi) is 2.07. The molecule has 0 unspecified atom stereocenters. The Morgan fingerprint density at radius 3 is 2.91 bits per heavy atom. The standard InChI is InChI=1S/C8H5FNO/c1-11-7-3-2-6(5-10)8(9)4-7/h3-4H,1H3. The summed E-state index contributed by atoms with van der Waals surface area (Å²) in [4.78, 5) is 0. The minimum absolute atomic E-state index is 0.0919. The third-order valence-electron chi connectivity index (χ3n) is 1.21. The SMILES string of the molecule is COc1c[c]c(C#N)c(F)c1. The molecule has 11 heavy (non-hydrogen) atoms. The van der Waals surface area contributed by atoms with Crippen molar-refractivity contribution in [3.05, 3.63) is 29.6 Å². The molecule has 55 valence electrons. The topological polar surface area (TPSA) is 33.0 Å². The number of nitrogens with zero attached hydrogens (tertiary/aromatic N) is 1. The minimum atomic E-state index is -0.605. The van der Waals surface area contributed by atoms with Crippen LogP contribution in [0.1, 0.15) is 5.56 Å². The molecule has 0 bridgehead atoms. The van der Waals surface area contributed by atoms with E-state index in [0.717, 1.165) is 6.07 Å². The highest BCUT2D eigenvalue weighted by Crippen LogP contribution is 2.14. The van der Waals surface area contributed by atoms with Gasteiger partial charge in [-0.1, -0.05) is 0 Å². The van der Waals surface area contributed by atoms with Crippen molar-refractivity contribution in [2.75, 3.05) is 7.11 Å². The third-order valence-corrected chi connectivity index (χ3v) is 1.21. The lowest BCUT2D eigenvalue weighted by Gasteiger charge is -1.98. The fourth-order valence-electron chi connectivity index (χ4n) is 0.655. The number of nitriles is 1. The molecule has 1 radical (unpaired) electrons. The fraction of sp³-hybridized carbons (Fsp3) is 0.125. The summed E-state index contributed by atoms with van der Waals surface area (Å²) in [6.45, 7) is 0. The van der Waals surface area contributed by atoms with E-state index in [1.54, 1.807) is 6.07 Å². The van der Waals surface area contributed by atoms with Crippen LogP contribution in [0.15, 0.2) is 12.1 Å². The van der Waals surface area contributed by atoms with Crippen LogP contribution in [0.25, 0.3) is 0 Å². The third kappa shape index (κ3) is 1.47. The van der Waals surface area contributed by atoms with Crippen LogP contribution in [0.3, 0.4) is 0 Å². The number of methoxy groups -OCH3 is 1. The monoisotopic (exact) mass is 150 g/mol. The molecular formula is C8H5FNO. The number of ether oxygens (including phenoxy) is 1. The highest BCUT2D eigenvalue weighted by atomic mass is 19.1. The molecule has 1 rings (SSSR count). The molecule has 0 atom stereocenters. The van der Waals surface area contributed by atoms with Crippen molar-refractivity contribution in [2.24, 2.45) is 0 Å². The lowest BCUT2D eigenvalue weighted by Crippen LogP contribution is -1.87. The number of benzene rings is 1. The number of rotatable bonds is 1. The molecule has 0 fully saturated rings. The van der Waals surface area contributed by atoms with E-state index in [4.69, 9.17) is 10.00 Å². The average Bonchev–Trinajstić information content (AvgIpc) is 2.04. The maximum absolute atomic E-state index is 12.7. The van der Waals surface area contributed by atoms with Crippen LogP contribution in [-0.2, 0) is 0 Å². The molecule has 1 aromatic rings. The summed E-state index contributed by atoms with van der Waals surface area (Å²) in [6.07, 6.45) is 0. The quantitative estimate of drug-likeness (QED) is 0.607. The van der Waals surface area contributed by atoms with Crippen molar-refractivity contribution in [3.63, 3.8) is 0 Å². The summed E-state index contributed by atoms with van der Waals surface area (Å²) in [5.74, 6) is -0.242. The first-order valence-corrected chi connectivity index (χ1v) is 2.93. The van der Waals surface area contributed by atoms with Gasteiger partial charge in [0.15, 0.2) is 0 Å². The summed E-state index contributed by atoms with van der Waals surface area (Å²) >= 11 is 0. The molecule has 0 aromatic heterocycles. The maximum atomic E-state index is 12.7. The second-order valence-electron chi connectivity index (χ2n) is 1.87. The van der Waals surface area contributed by atoms with Crippen LogP contribution >= 0.6 is 0 Å². The van der Waals surface area contributed by atoms with Gasteiger partial charge in [-0.15, -0.1) is 0 Å². The van der Waals surface area contributed by atoms with E-state index >= 15 is 0 Å². The Morgan fingerprint density at radius 2 is 2.45 bits per heavy atom. The van der Waals surface area contributed by atoms with E-state index in [2.05, 4.69) is 6.07 Å². The molecule has 0 aliphatic carbocycles. The van der Waals surface area contributed by atoms with Crippen molar-refractivity contribution in [3.8, 4) is 11.8 Å². The van der Waals surface area contributed by atoms with Gasteiger partial charge in [0.25, 0.3) is 0 Å². The predicted molar refractivity (Wildman–Crippen MR) is 36.5 cm³/mol. The van der Waals surface area contributed by atoms with E-state index in [1.807, 2.05) is 0 Å². The van der Waals surface area contributed by atoms with Gasteiger partial charge < -0.3 is 4.74 Å². The van der Waals surface area contributed by atoms with Gasteiger partial charge in [-0.25, -0.2) is 4.39 Å². The van der Waals surface area contributed by atoms with Gasteiger partial charge in [-0.05, 0) is 6.07 Å². The second kappa shape index (κ2) is 3.02. The van der Waals surface area contributed by atoms with Gasteiger partial charge in [-0.2, -0.15) is 5.26 Å². The van der Waals surface area contributed by atoms with E-state index in [1.165, 1.54) is 13.2 Å². The van der Waals surface area contributed by atoms with Crippen molar-refractivity contribution < 1.29 is 9.13 Å². The van der Waals surface area contributed by atoms with Gasteiger partial charge in [0, 0.05) is 12.1 Å². The molecule has 0 spiro atoms. The van der Waals surface area contributed by atoms with E-state index in [9.17, 15) is 4.39 Å². The molecule has 3 heteroatoms. The summed E-state index contributed by atoms with van der Waals surface area (Å²) in [6, 6.07) is 6.67. The predicted octanol–water partition coefficient (Wildman–Crippen LogP) is 1.51. The van der Waals surface area contributed by atoms with Gasteiger partial charge in [0.05, 0.1) is 12.7 Å². The Bertz CT molecular complexity index is 303. The number of hydrogen-bond acceptors (Lipinski definition) is 2. The highest BCUT2D eigenvalue weighted by molar-refractivity contribution is 5.34. The van der Waals surface area contributed by atoms with Gasteiger partial charge >= 0.3 is 0 Å². The van der Waals surface area contributed by atoms with E-state index in [-0.39, 0.29) is 5.56 Å². The zero-order valence-electron chi connectivity index (χ0n) is 5.89. The molecule has 2 nitrogen and oxygen atoms in total. The first-order valence-electron chi connectivity index (χ1n) is 2.93. The van der Waals surface area contributed by atoms with Crippen molar-refractivity contribution >= 4 is 0 Å². The molecule has 0 aliphatic rings. The fourth-order valence-corrected chi connectivity index (χ4v) is 0.655. The molecule has 0 heterocycles. The normalized spacial score (nSPS) is 8.82. The van der Waals surface area contributed by atoms with Crippen LogP contribution < -0.4 is 4.74 Å². The highest BCUT2D eigenvalue weighted by Gasteiger charge is 2.01. The molecule has 0 N–H and O–H groups in total.